The second kappa shape index (κ2) is 7.60. The van der Waals surface area contributed by atoms with Crippen LogP contribution in [0.3, 0.4) is 0 Å². The van der Waals surface area contributed by atoms with E-state index in [2.05, 4.69) is 17.4 Å². The van der Waals surface area contributed by atoms with Gasteiger partial charge >= 0.3 is 5.97 Å². The highest BCUT2D eigenvalue weighted by Crippen LogP contribution is 2.42. The molecule has 1 atom stereocenters. The molecule has 1 unspecified atom stereocenters. The third-order valence-electron chi connectivity index (χ3n) is 5.37. The van der Waals surface area contributed by atoms with Crippen LogP contribution in [0.4, 0.5) is 5.00 Å². The second-order valence-corrected chi connectivity index (χ2v) is 8.24. The zero-order valence-electron chi connectivity index (χ0n) is 15.6. The Morgan fingerprint density at radius 3 is 2.50 bits per heavy atom. The predicted octanol–water partition coefficient (Wildman–Crippen LogP) is 5.28. The molecule has 0 fully saturated rings. The standard InChI is InChI=1S/C23H21NO3S/c1-14-7-5-6-10-17(14)21(25)24-22-20(23(26)27)18-12-11-16(13-19(18)28-22)15-8-3-2-4-9-15/h2-10,16H,11-13H2,1H3,(H,24,25)(H,26,27). The first kappa shape index (κ1) is 18.4. The number of amides is 1. The summed E-state index contributed by atoms with van der Waals surface area (Å²) in [5.74, 6) is -0.858. The van der Waals surface area contributed by atoms with Crippen LogP contribution in [0, 0.1) is 6.92 Å². The van der Waals surface area contributed by atoms with Gasteiger partial charge in [-0.3, -0.25) is 4.79 Å². The normalized spacial score (nSPS) is 15.7. The molecule has 0 aliphatic heterocycles. The quantitative estimate of drug-likeness (QED) is 0.636. The van der Waals surface area contributed by atoms with Crippen LogP contribution >= 0.6 is 11.3 Å². The second-order valence-electron chi connectivity index (χ2n) is 7.13. The molecular formula is C23H21NO3S. The van der Waals surface area contributed by atoms with Crippen LogP contribution in [0.2, 0.25) is 0 Å². The average Bonchev–Trinajstić information content (AvgIpc) is 3.06. The van der Waals surface area contributed by atoms with Gasteiger partial charge in [0.1, 0.15) is 5.00 Å². The number of carboxylic acid groups (broad SMARTS) is 1. The van der Waals surface area contributed by atoms with Crippen molar-refractivity contribution in [3.05, 3.63) is 87.3 Å². The number of aromatic carboxylic acids is 1. The van der Waals surface area contributed by atoms with Gasteiger partial charge < -0.3 is 10.4 Å². The highest BCUT2D eigenvalue weighted by atomic mass is 32.1. The van der Waals surface area contributed by atoms with Gasteiger partial charge in [-0.05, 0) is 54.9 Å². The third-order valence-corrected chi connectivity index (χ3v) is 6.54. The van der Waals surface area contributed by atoms with Crippen LogP contribution in [0.5, 0.6) is 0 Å². The van der Waals surface area contributed by atoms with E-state index in [9.17, 15) is 14.7 Å². The van der Waals surface area contributed by atoms with Crippen molar-refractivity contribution in [3.63, 3.8) is 0 Å². The van der Waals surface area contributed by atoms with Crippen LogP contribution in [0.1, 0.15) is 54.6 Å². The maximum absolute atomic E-state index is 12.7. The summed E-state index contributed by atoms with van der Waals surface area (Å²) in [4.78, 5) is 25.7. The lowest BCUT2D eigenvalue weighted by atomic mass is 9.83. The number of hydrogen-bond acceptors (Lipinski definition) is 3. The molecule has 0 saturated carbocycles. The van der Waals surface area contributed by atoms with Crippen molar-refractivity contribution in [2.75, 3.05) is 5.32 Å². The smallest absolute Gasteiger partial charge is 0.339 e. The van der Waals surface area contributed by atoms with Crippen LogP contribution in [-0.2, 0) is 12.8 Å². The minimum Gasteiger partial charge on any atom is -0.478 e. The number of carbonyl (C=O) groups excluding carboxylic acids is 1. The zero-order valence-corrected chi connectivity index (χ0v) is 16.4. The third kappa shape index (κ3) is 3.45. The molecular weight excluding hydrogens is 370 g/mol. The number of carboxylic acids is 1. The van der Waals surface area contributed by atoms with Gasteiger partial charge in [-0.15, -0.1) is 11.3 Å². The van der Waals surface area contributed by atoms with Gasteiger partial charge in [0.05, 0.1) is 5.56 Å². The molecule has 0 spiro atoms. The Morgan fingerprint density at radius 1 is 1.07 bits per heavy atom. The number of fused-ring (bicyclic) bond motifs is 1. The molecule has 28 heavy (non-hydrogen) atoms. The molecule has 1 aromatic heterocycles. The molecule has 5 heteroatoms. The molecule has 4 nitrogen and oxygen atoms in total. The van der Waals surface area contributed by atoms with Gasteiger partial charge in [-0.1, -0.05) is 48.5 Å². The van der Waals surface area contributed by atoms with Crippen molar-refractivity contribution in [1.82, 2.24) is 0 Å². The summed E-state index contributed by atoms with van der Waals surface area (Å²) in [6.45, 7) is 1.87. The number of hydrogen-bond donors (Lipinski definition) is 2. The van der Waals surface area contributed by atoms with Gasteiger partial charge in [-0.2, -0.15) is 0 Å². The fourth-order valence-corrected chi connectivity index (χ4v) is 5.22. The van der Waals surface area contributed by atoms with E-state index in [1.54, 1.807) is 6.07 Å². The van der Waals surface area contributed by atoms with Crippen molar-refractivity contribution in [1.29, 1.82) is 0 Å². The number of benzene rings is 2. The number of carbonyl (C=O) groups is 2. The lowest BCUT2D eigenvalue weighted by Crippen LogP contribution is -2.16. The Kier molecular flexibility index (Phi) is 5.01. The largest absolute Gasteiger partial charge is 0.478 e. The maximum Gasteiger partial charge on any atom is 0.339 e. The van der Waals surface area contributed by atoms with Crippen LogP contribution in [0.15, 0.2) is 54.6 Å². The van der Waals surface area contributed by atoms with Crippen LogP contribution in [0.25, 0.3) is 0 Å². The van der Waals surface area contributed by atoms with E-state index in [1.165, 1.54) is 16.9 Å². The molecule has 0 saturated heterocycles. The van der Waals surface area contributed by atoms with Crippen molar-refractivity contribution in [2.45, 2.75) is 32.1 Å². The lowest BCUT2D eigenvalue weighted by Gasteiger charge is -2.22. The Morgan fingerprint density at radius 2 is 1.79 bits per heavy atom. The van der Waals surface area contributed by atoms with E-state index >= 15 is 0 Å². The summed E-state index contributed by atoms with van der Waals surface area (Å²) in [5, 5.41) is 13.1. The first-order valence-corrected chi connectivity index (χ1v) is 10.2. The number of nitrogens with one attached hydrogen (secondary N) is 1. The Balaban J connectivity index is 1.65. The monoisotopic (exact) mass is 391 g/mol. The molecule has 2 aromatic carbocycles. The van der Waals surface area contributed by atoms with E-state index in [-0.39, 0.29) is 11.5 Å². The van der Waals surface area contributed by atoms with Crippen LogP contribution < -0.4 is 5.32 Å². The van der Waals surface area contributed by atoms with Crippen LogP contribution in [-0.4, -0.2) is 17.0 Å². The first-order valence-electron chi connectivity index (χ1n) is 9.34. The van der Waals surface area contributed by atoms with E-state index < -0.39 is 5.97 Å². The summed E-state index contributed by atoms with van der Waals surface area (Å²) in [6.07, 6.45) is 2.44. The zero-order chi connectivity index (χ0) is 19.7. The van der Waals surface area contributed by atoms with Gasteiger partial charge in [0.15, 0.2) is 0 Å². The van der Waals surface area contributed by atoms with Gasteiger partial charge in [0.25, 0.3) is 5.91 Å². The predicted molar refractivity (Wildman–Crippen MR) is 112 cm³/mol. The van der Waals surface area contributed by atoms with Crippen molar-refractivity contribution < 1.29 is 14.7 Å². The fraction of sp³-hybridized carbons (Fsp3) is 0.217. The van der Waals surface area contributed by atoms with E-state index in [4.69, 9.17) is 0 Å². The number of anilines is 1. The Labute approximate surface area is 167 Å². The fourth-order valence-electron chi connectivity index (χ4n) is 3.91. The van der Waals surface area contributed by atoms with Crippen molar-refractivity contribution in [2.24, 2.45) is 0 Å². The Hall–Kier alpha value is -2.92. The van der Waals surface area contributed by atoms with Gasteiger partial charge in [0, 0.05) is 10.4 Å². The highest BCUT2D eigenvalue weighted by Gasteiger charge is 2.30. The molecule has 4 rings (SSSR count). The minimum absolute atomic E-state index is 0.258. The van der Waals surface area contributed by atoms with Gasteiger partial charge in [0.2, 0.25) is 0 Å². The molecule has 3 aromatic rings. The summed E-state index contributed by atoms with van der Waals surface area (Å²) in [6, 6.07) is 17.6. The number of thiophene rings is 1. The molecule has 1 aliphatic rings. The van der Waals surface area contributed by atoms with Gasteiger partial charge in [-0.25, -0.2) is 4.79 Å². The van der Waals surface area contributed by atoms with Crippen molar-refractivity contribution in [3.8, 4) is 0 Å². The molecule has 1 amide bonds. The minimum atomic E-state index is -0.976. The van der Waals surface area contributed by atoms with Crippen molar-refractivity contribution >= 4 is 28.2 Å². The number of rotatable bonds is 4. The molecule has 1 aliphatic carbocycles. The summed E-state index contributed by atoms with van der Waals surface area (Å²) >= 11 is 1.40. The summed E-state index contributed by atoms with van der Waals surface area (Å²) in [5.41, 5.74) is 3.84. The highest BCUT2D eigenvalue weighted by molar-refractivity contribution is 7.17. The average molecular weight is 391 g/mol. The molecule has 0 radical (unpaired) electrons. The molecule has 0 bridgehead atoms. The summed E-state index contributed by atoms with van der Waals surface area (Å²) in [7, 11) is 0. The lowest BCUT2D eigenvalue weighted by molar-refractivity contribution is 0.0697. The molecule has 2 N–H and O–H groups in total. The Bertz CT molecular complexity index is 1040. The molecule has 142 valence electrons. The summed E-state index contributed by atoms with van der Waals surface area (Å²) < 4.78 is 0. The first-order chi connectivity index (χ1) is 13.5. The van der Waals surface area contributed by atoms with E-state index in [0.29, 0.717) is 22.9 Å². The number of aryl methyl sites for hydroxylation is 1. The van der Waals surface area contributed by atoms with E-state index in [0.717, 1.165) is 28.8 Å². The topological polar surface area (TPSA) is 66.4 Å². The molecule has 1 heterocycles. The SMILES string of the molecule is Cc1ccccc1C(=O)Nc1sc2c(c1C(=O)O)CCC(c1ccccc1)C2. The van der Waals surface area contributed by atoms with E-state index in [1.807, 2.05) is 43.3 Å². The maximum atomic E-state index is 12.7.